The third kappa shape index (κ3) is 4.46. The molecule has 0 aromatic heterocycles. The quantitative estimate of drug-likeness (QED) is 0.917. The second kappa shape index (κ2) is 8.67. The summed E-state index contributed by atoms with van der Waals surface area (Å²) in [7, 11) is 0. The number of amides is 1. The monoisotopic (exact) mass is 338 g/mol. The fraction of sp³-hybridized carbons (Fsp3) is 0.611. The van der Waals surface area contributed by atoms with Crippen molar-refractivity contribution >= 4 is 18.3 Å². The second-order valence-electron chi connectivity index (χ2n) is 6.24. The number of halogens is 1. The molecule has 0 aliphatic carbocycles. The molecule has 2 unspecified atom stereocenters. The average Bonchev–Trinajstić information content (AvgIpc) is 3.08. The molecule has 4 nitrogen and oxygen atoms in total. The van der Waals surface area contributed by atoms with Crippen molar-refractivity contribution in [2.24, 2.45) is 0 Å². The summed E-state index contributed by atoms with van der Waals surface area (Å²) >= 11 is 0. The van der Waals surface area contributed by atoms with Gasteiger partial charge in [-0.15, -0.1) is 12.4 Å². The van der Waals surface area contributed by atoms with Gasteiger partial charge in [0.2, 0.25) is 5.91 Å². The first-order chi connectivity index (χ1) is 10.8. The van der Waals surface area contributed by atoms with Crippen molar-refractivity contribution in [3.63, 3.8) is 0 Å². The van der Waals surface area contributed by atoms with Gasteiger partial charge in [-0.25, -0.2) is 0 Å². The van der Waals surface area contributed by atoms with E-state index in [0.29, 0.717) is 6.42 Å². The van der Waals surface area contributed by atoms with Crippen molar-refractivity contribution in [3.05, 3.63) is 35.4 Å². The Balaban J connectivity index is 0.00000192. The Labute approximate surface area is 145 Å². The van der Waals surface area contributed by atoms with Crippen LogP contribution >= 0.6 is 12.4 Å². The van der Waals surface area contributed by atoms with Crippen molar-refractivity contribution in [1.82, 2.24) is 10.2 Å². The number of carbonyl (C=O) groups is 1. The maximum atomic E-state index is 12.7. The number of benzene rings is 1. The highest BCUT2D eigenvalue weighted by Crippen LogP contribution is 2.25. The molecule has 1 aromatic carbocycles. The summed E-state index contributed by atoms with van der Waals surface area (Å²) in [6.45, 7) is 5.46. The van der Waals surface area contributed by atoms with Gasteiger partial charge >= 0.3 is 0 Å². The number of carbonyl (C=O) groups excluding carboxylic acids is 1. The van der Waals surface area contributed by atoms with Gasteiger partial charge in [0.1, 0.15) is 0 Å². The van der Waals surface area contributed by atoms with Gasteiger partial charge in [-0.2, -0.15) is 0 Å². The molecule has 2 aliphatic rings. The molecule has 0 saturated carbocycles. The van der Waals surface area contributed by atoms with E-state index in [1.54, 1.807) is 0 Å². The van der Waals surface area contributed by atoms with E-state index >= 15 is 0 Å². The van der Waals surface area contributed by atoms with Gasteiger partial charge in [-0.1, -0.05) is 31.2 Å². The van der Waals surface area contributed by atoms with E-state index in [4.69, 9.17) is 4.74 Å². The van der Waals surface area contributed by atoms with E-state index in [0.717, 1.165) is 45.5 Å². The lowest BCUT2D eigenvalue weighted by Crippen LogP contribution is -2.49. The zero-order valence-corrected chi connectivity index (χ0v) is 14.6. The summed E-state index contributed by atoms with van der Waals surface area (Å²) in [6, 6.07) is 8.83. The normalized spacial score (nSPS) is 24.3. The molecule has 2 fully saturated rings. The zero-order valence-electron chi connectivity index (χ0n) is 13.8. The van der Waals surface area contributed by atoms with Gasteiger partial charge in [0.05, 0.1) is 18.6 Å². The van der Waals surface area contributed by atoms with Gasteiger partial charge < -0.3 is 15.0 Å². The van der Waals surface area contributed by atoms with Crippen LogP contribution in [-0.2, 0) is 16.0 Å². The number of hydrogen-bond acceptors (Lipinski definition) is 3. The summed E-state index contributed by atoms with van der Waals surface area (Å²) in [5.41, 5.74) is 2.56. The van der Waals surface area contributed by atoms with Crippen LogP contribution in [0.3, 0.4) is 0 Å². The Bertz CT molecular complexity index is 500. The maximum absolute atomic E-state index is 12.7. The highest BCUT2D eigenvalue weighted by Gasteiger charge is 2.30. The number of piperazine rings is 1. The number of nitrogens with zero attached hydrogens (tertiary/aromatic N) is 1. The molecule has 3 rings (SSSR count). The van der Waals surface area contributed by atoms with Crippen molar-refractivity contribution < 1.29 is 9.53 Å². The molecular formula is C18H27ClN2O2. The Morgan fingerprint density at radius 3 is 2.78 bits per heavy atom. The maximum Gasteiger partial charge on any atom is 0.225 e. The standard InChI is InChI=1S/C18H26N2O2.ClH/c1-2-14-5-7-15(8-6-14)17-13-19-9-10-20(17)18(21)12-16-4-3-11-22-16;/h5-8,16-17,19H,2-4,9-13H2,1H3;1H. The highest BCUT2D eigenvalue weighted by atomic mass is 35.5. The summed E-state index contributed by atoms with van der Waals surface area (Å²) < 4.78 is 5.62. The number of rotatable bonds is 4. The van der Waals surface area contributed by atoms with E-state index in [-0.39, 0.29) is 30.5 Å². The summed E-state index contributed by atoms with van der Waals surface area (Å²) in [6.07, 6.45) is 3.81. The van der Waals surface area contributed by atoms with Crippen molar-refractivity contribution in [3.8, 4) is 0 Å². The van der Waals surface area contributed by atoms with E-state index in [2.05, 4.69) is 36.5 Å². The lowest BCUT2D eigenvalue weighted by molar-refractivity contribution is -0.136. The molecule has 2 atom stereocenters. The molecule has 1 aromatic rings. The zero-order chi connectivity index (χ0) is 15.4. The van der Waals surface area contributed by atoms with Crippen molar-refractivity contribution in [2.45, 2.75) is 44.8 Å². The predicted octanol–water partition coefficient (Wildman–Crippen LogP) is 2.71. The van der Waals surface area contributed by atoms with Gasteiger partial charge in [-0.05, 0) is 30.4 Å². The molecule has 128 valence electrons. The molecule has 5 heteroatoms. The Morgan fingerprint density at radius 1 is 1.35 bits per heavy atom. The van der Waals surface area contributed by atoms with Crippen molar-refractivity contribution in [2.75, 3.05) is 26.2 Å². The number of hydrogen-bond donors (Lipinski definition) is 1. The van der Waals surface area contributed by atoms with Crippen LogP contribution in [0, 0.1) is 0 Å². The third-order valence-electron chi connectivity index (χ3n) is 4.76. The molecule has 0 radical (unpaired) electrons. The first-order valence-corrected chi connectivity index (χ1v) is 8.48. The van der Waals surface area contributed by atoms with Crippen LogP contribution in [0.1, 0.15) is 43.4 Å². The molecule has 0 bridgehead atoms. The van der Waals surface area contributed by atoms with Gasteiger partial charge in [0.25, 0.3) is 0 Å². The summed E-state index contributed by atoms with van der Waals surface area (Å²) in [5, 5.41) is 3.42. The Morgan fingerprint density at radius 2 is 2.13 bits per heavy atom. The fourth-order valence-corrected chi connectivity index (χ4v) is 3.39. The van der Waals surface area contributed by atoms with Crippen LogP contribution in [0.15, 0.2) is 24.3 Å². The molecule has 2 aliphatic heterocycles. The summed E-state index contributed by atoms with van der Waals surface area (Å²) in [5.74, 6) is 0.234. The Kier molecular flexibility index (Phi) is 6.88. The van der Waals surface area contributed by atoms with Gasteiger partial charge in [-0.3, -0.25) is 4.79 Å². The predicted molar refractivity (Wildman–Crippen MR) is 94.0 cm³/mol. The molecule has 1 N–H and O–H groups in total. The van der Waals surface area contributed by atoms with E-state index < -0.39 is 0 Å². The van der Waals surface area contributed by atoms with Crippen LogP contribution < -0.4 is 5.32 Å². The average molecular weight is 339 g/mol. The lowest BCUT2D eigenvalue weighted by Gasteiger charge is -2.37. The minimum absolute atomic E-state index is 0. The first-order valence-electron chi connectivity index (χ1n) is 8.48. The summed E-state index contributed by atoms with van der Waals surface area (Å²) in [4.78, 5) is 14.7. The van der Waals surface area contributed by atoms with Crippen LogP contribution in [0.5, 0.6) is 0 Å². The highest BCUT2D eigenvalue weighted by molar-refractivity contribution is 5.85. The third-order valence-corrected chi connectivity index (χ3v) is 4.76. The smallest absolute Gasteiger partial charge is 0.225 e. The van der Waals surface area contributed by atoms with E-state index in [9.17, 15) is 4.79 Å². The lowest BCUT2D eigenvalue weighted by atomic mass is 10.00. The molecule has 0 spiro atoms. The SMILES string of the molecule is CCc1ccc(C2CNCCN2C(=O)CC2CCCO2)cc1.Cl. The second-order valence-corrected chi connectivity index (χ2v) is 6.24. The number of nitrogens with one attached hydrogen (secondary N) is 1. The minimum Gasteiger partial charge on any atom is -0.378 e. The Hall–Kier alpha value is -1.10. The van der Waals surface area contributed by atoms with Crippen LogP contribution in [0.25, 0.3) is 0 Å². The molecule has 1 amide bonds. The molecule has 2 saturated heterocycles. The minimum atomic E-state index is 0. The molecule has 23 heavy (non-hydrogen) atoms. The van der Waals surface area contributed by atoms with Crippen LogP contribution in [0.2, 0.25) is 0 Å². The van der Waals surface area contributed by atoms with E-state index in [1.807, 2.05) is 4.90 Å². The van der Waals surface area contributed by atoms with E-state index in [1.165, 1.54) is 11.1 Å². The largest absolute Gasteiger partial charge is 0.378 e. The topological polar surface area (TPSA) is 41.6 Å². The van der Waals surface area contributed by atoms with Gasteiger partial charge in [0, 0.05) is 26.2 Å². The van der Waals surface area contributed by atoms with Crippen LogP contribution in [0.4, 0.5) is 0 Å². The van der Waals surface area contributed by atoms with Crippen molar-refractivity contribution in [1.29, 1.82) is 0 Å². The fourth-order valence-electron chi connectivity index (χ4n) is 3.39. The number of aryl methyl sites for hydroxylation is 1. The first kappa shape index (κ1) is 18.2. The van der Waals surface area contributed by atoms with Gasteiger partial charge in [0.15, 0.2) is 0 Å². The molecular weight excluding hydrogens is 312 g/mol. The number of ether oxygens (including phenoxy) is 1. The van der Waals surface area contributed by atoms with Crippen LogP contribution in [-0.4, -0.2) is 43.2 Å². The molecule has 2 heterocycles.